The fraction of sp³-hybridized carbons (Fsp3) is 0.625. The van der Waals surface area contributed by atoms with E-state index in [4.69, 9.17) is 9.84 Å². The molecule has 78 valence electrons. The van der Waals surface area contributed by atoms with Gasteiger partial charge in [0.25, 0.3) is 5.82 Å². The molecule has 0 unspecified atom stereocenters. The molecule has 0 aliphatic heterocycles. The molecule has 0 fully saturated rings. The normalized spacial score (nSPS) is 10.8. The van der Waals surface area contributed by atoms with Crippen LogP contribution in [-0.4, -0.2) is 33.9 Å². The van der Waals surface area contributed by atoms with Crippen LogP contribution in [0.5, 0.6) is 0 Å². The first kappa shape index (κ1) is 10.6. The van der Waals surface area contributed by atoms with Gasteiger partial charge >= 0.3 is 5.97 Å². The molecule has 1 rings (SSSR count). The zero-order valence-electron chi connectivity index (χ0n) is 8.06. The lowest BCUT2D eigenvalue weighted by atomic mass is 10.4. The summed E-state index contributed by atoms with van der Waals surface area (Å²) in [5, 5.41) is 11.8. The van der Waals surface area contributed by atoms with Gasteiger partial charge in [-0.25, -0.2) is 4.79 Å². The highest BCUT2D eigenvalue weighted by Gasteiger charge is 2.12. The largest absolute Gasteiger partial charge is 0.475 e. The zero-order chi connectivity index (χ0) is 10.6. The van der Waals surface area contributed by atoms with E-state index >= 15 is 0 Å². The Labute approximate surface area is 80.9 Å². The van der Waals surface area contributed by atoms with Crippen molar-refractivity contribution in [1.82, 2.24) is 10.1 Å². The lowest BCUT2D eigenvalue weighted by Gasteiger charge is -2.03. The molecular formula is C8H12N2O4. The highest BCUT2D eigenvalue weighted by atomic mass is 16.5. The number of rotatable bonds is 5. The fourth-order valence-corrected chi connectivity index (χ4v) is 0.825. The van der Waals surface area contributed by atoms with Crippen molar-refractivity contribution in [3.05, 3.63) is 11.7 Å². The summed E-state index contributed by atoms with van der Waals surface area (Å²) in [5.41, 5.74) is 0. The second-order valence-electron chi connectivity index (χ2n) is 2.99. The summed E-state index contributed by atoms with van der Waals surface area (Å²) in [6, 6.07) is 0. The van der Waals surface area contributed by atoms with Crippen LogP contribution in [0.1, 0.15) is 30.4 Å². The molecule has 0 saturated heterocycles. The van der Waals surface area contributed by atoms with Gasteiger partial charge in [-0.2, -0.15) is 4.98 Å². The lowest BCUT2D eigenvalue weighted by Crippen LogP contribution is -2.06. The van der Waals surface area contributed by atoms with E-state index in [0.717, 1.165) is 0 Å². The van der Waals surface area contributed by atoms with E-state index in [1.54, 1.807) is 0 Å². The van der Waals surface area contributed by atoms with E-state index in [1.165, 1.54) is 0 Å². The van der Waals surface area contributed by atoms with Crippen LogP contribution in [0.15, 0.2) is 4.52 Å². The summed E-state index contributed by atoms with van der Waals surface area (Å²) in [4.78, 5) is 14.0. The molecule has 0 bridgehead atoms. The van der Waals surface area contributed by atoms with E-state index in [9.17, 15) is 4.79 Å². The number of carboxylic acid groups (broad SMARTS) is 1. The molecular weight excluding hydrogens is 188 g/mol. The summed E-state index contributed by atoms with van der Waals surface area (Å²) in [6.07, 6.45) is 0.565. The SMILES string of the molecule is CC(C)OCCc1nc(C(=O)O)no1. The van der Waals surface area contributed by atoms with Crippen molar-refractivity contribution in [3.8, 4) is 0 Å². The Morgan fingerprint density at radius 2 is 2.36 bits per heavy atom. The molecule has 0 aliphatic rings. The van der Waals surface area contributed by atoms with Crippen molar-refractivity contribution in [2.24, 2.45) is 0 Å². The van der Waals surface area contributed by atoms with Crippen molar-refractivity contribution in [1.29, 1.82) is 0 Å². The average molecular weight is 200 g/mol. The van der Waals surface area contributed by atoms with Gasteiger partial charge < -0.3 is 14.4 Å². The number of nitrogens with zero attached hydrogens (tertiary/aromatic N) is 2. The van der Waals surface area contributed by atoms with E-state index in [1.807, 2.05) is 13.8 Å². The van der Waals surface area contributed by atoms with Crippen molar-refractivity contribution in [2.45, 2.75) is 26.4 Å². The molecule has 0 atom stereocenters. The molecule has 0 aromatic carbocycles. The second kappa shape index (κ2) is 4.71. The van der Waals surface area contributed by atoms with Gasteiger partial charge in [-0.3, -0.25) is 0 Å². The highest BCUT2D eigenvalue weighted by Crippen LogP contribution is 1.99. The van der Waals surface area contributed by atoms with Crippen LogP contribution >= 0.6 is 0 Å². The smallest absolute Gasteiger partial charge is 0.377 e. The van der Waals surface area contributed by atoms with Gasteiger partial charge in [-0.1, -0.05) is 0 Å². The molecule has 14 heavy (non-hydrogen) atoms. The van der Waals surface area contributed by atoms with Crippen LogP contribution < -0.4 is 0 Å². The molecule has 6 heteroatoms. The number of carbonyl (C=O) groups is 1. The summed E-state index contributed by atoms with van der Waals surface area (Å²) in [7, 11) is 0. The molecule has 0 amide bonds. The second-order valence-corrected chi connectivity index (χ2v) is 2.99. The van der Waals surface area contributed by atoms with Crippen LogP contribution in [0.25, 0.3) is 0 Å². The Morgan fingerprint density at radius 3 is 2.86 bits per heavy atom. The maximum Gasteiger partial charge on any atom is 0.377 e. The molecule has 1 heterocycles. The van der Waals surface area contributed by atoms with E-state index in [0.29, 0.717) is 13.0 Å². The quantitative estimate of drug-likeness (QED) is 0.754. The highest BCUT2D eigenvalue weighted by molar-refractivity contribution is 5.82. The first-order valence-electron chi connectivity index (χ1n) is 4.27. The van der Waals surface area contributed by atoms with Crippen LogP contribution in [0, 0.1) is 0 Å². The average Bonchev–Trinajstić information content (AvgIpc) is 2.52. The first-order valence-corrected chi connectivity index (χ1v) is 4.27. The van der Waals surface area contributed by atoms with Gasteiger partial charge in [-0.15, -0.1) is 0 Å². The zero-order valence-corrected chi connectivity index (χ0v) is 8.06. The maximum absolute atomic E-state index is 10.4. The fourth-order valence-electron chi connectivity index (χ4n) is 0.825. The van der Waals surface area contributed by atoms with E-state index < -0.39 is 5.97 Å². The third-order valence-corrected chi connectivity index (χ3v) is 1.43. The van der Waals surface area contributed by atoms with Crippen molar-refractivity contribution >= 4 is 5.97 Å². The molecule has 0 radical (unpaired) electrons. The number of ether oxygens (including phenoxy) is 1. The van der Waals surface area contributed by atoms with Gasteiger partial charge in [-0.05, 0) is 19.0 Å². The van der Waals surface area contributed by atoms with Gasteiger partial charge in [0.2, 0.25) is 5.89 Å². The Balaban J connectivity index is 2.40. The molecule has 6 nitrogen and oxygen atoms in total. The summed E-state index contributed by atoms with van der Waals surface area (Å²) >= 11 is 0. The lowest BCUT2D eigenvalue weighted by molar-refractivity contribution is 0.0680. The Bertz CT molecular complexity index is 308. The Kier molecular flexibility index (Phi) is 3.58. The summed E-state index contributed by atoms with van der Waals surface area (Å²) in [5.74, 6) is -1.22. The predicted molar refractivity (Wildman–Crippen MR) is 46.0 cm³/mol. The summed E-state index contributed by atoms with van der Waals surface area (Å²) in [6.45, 7) is 4.27. The van der Waals surface area contributed by atoms with Crippen molar-refractivity contribution < 1.29 is 19.2 Å². The first-order chi connectivity index (χ1) is 6.59. The predicted octanol–water partition coefficient (Wildman–Crippen LogP) is 0.735. The van der Waals surface area contributed by atoms with Crippen molar-refractivity contribution in [3.63, 3.8) is 0 Å². The molecule has 0 aliphatic carbocycles. The maximum atomic E-state index is 10.4. The van der Waals surface area contributed by atoms with Crippen LogP contribution in [0.4, 0.5) is 0 Å². The third kappa shape index (κ3) is 3.14. The Morgan fingerprint density at radius 1 is 1.64 bits per heavy atom. The number of aromatic nitrogens is 2. The summed E-state index contributed by atoms with van der Waals surface area (Å²) < 4.78 is 9.93. The number of carboxylic acids is 1. The molecule has 0 saturated carbocycles. The van der Waals surface area contributed by atoms with E-state index in [-0.39, 0.29) is 17.8 Å². The van der Waals surface area contributed by atoms with Crippen LogP contribution in [-0.2, 0) is 11.2 Å². The van der Waals surface area contributed by atoms with Crippen LogP contribution in [0.2, 0.25) is 0 Å². The number of aromatic carboxylic acids is 1. The van der Waals surface area contributed by atoms with E-state index in [2.05, 4.69) is 14.7 Å². The molecule has 0 spiro atoms. The van der Waals surface area contributed by atoms with Gasteiger partial charge in [0.15, 0.2) is 0 Å². The van der Waals surface area contributed by atoms with Gasteiger partial charge in [0, 0.05) is 0 Å². The minimum atomic E-state index is -1.19. The molecule has 1 aromatic heterocycles. The van der Waals surface area contributed by atoms with Crippen LogP contribution in [0.3, 0.4) is 0 Å². The minimum absolute atomic E-state index is 0.136. The Hall–Kier alpha value is -1.43. The number of hydrogen-bond acceptors (Lipinski definition) is 5. The van der Waals surface area contributed by atoms with Gasteiger partial charge in [0.05, 0.1) is 19.1 Å². The monoisotopic (exact) mass is 200 g/mol. The molecule has 1 N–H and O–H groups in total. The van der Waals surface area contributed by atoms with Gasteiger partial charge in [0.1, 0.15) is 0 Å². The topological polar surface area (TPSA) is 85.5 Å². The third-order valence-electron chi connectivity index (χ3n) is 1.43. The molecule has 1 aromatic rings. The minimum Gasteiger partial charge on any atom is -0.475 e. The number of hydrogen-bond donors (Lipinski definition) is 1. The standard InChI is InChI=1S/C8H12N2O4/c1-5(2)13-4-3-6-9-7(8(11)12)10-14-6/h5H,3-4H2,1-2H3,(H,11,12). The van der Waals surface area contributed by atoms with Crippen molar-refractivity contribution in [2.75, 3.05) is 6.61 Å².